The molecule has 0 aliphatic rings. The van der Waals surface area contributed by atoms with E-state index in [0.717, 1.165) is 6.42 Å². The number of pyridine rings is 1. The van der Waals surface area contributed by atoms with E-state index in [1.807, 2.05) is 37.6 Å². The second-order valence-corrected chi connectivity index (χ2v) is 5.59. The summed E-state index contributed by atoms with van der Waals surface area (Å²) in [5.74, 6) is 0.604. The summed E-state index contributed by atoms with van der Waals surface area (Å²) >= 11 is 5.24. The number of aromatic amines is 1. The summed E-state index contributed by atoms with van der Waals surface area (Å²) in [6.07, 6.45) is 2.72. The van der Waals surface area contributed by atoms with Crippen molar-refractivity contribution in [1.29, 1.82) is 0 Å². The maximum absolute atomic E-state index is 12.6. The van der Waals surface area contributed by atoms with Gasteiger partial charge in [-0.15, -0.1) is 0 Å². The molecule has 0 amide bonds. The smallest absolute Gasteiger partial charge is 0.261 e. The molecule has 20 heavy (non-hydrogen) atoms. The average Bonchev–Trinajstić information content (AvgIpc) is 2.80. The molecule has 0 saturated carbocycles. The minimum atomic E-state index is -0.0299. The Kier molecular flexibility index (Phi) is 4.23. The lowest BCUT2D eigenvalue weighted by Gasteiger charge is -2.15. The van der Waals surface area contributed by atoms with E-state index in [1.54, 1.807) is 10.6 Å². The van der Waals surface area contributed by atoms with Crippen LogP contribution in [-0.4, -0.2) is 19.3 Å². The fraction of sp³-hybridized carbons (Fsp3) is 0.500. The molecule has 1 unspecified atom stereocenters. The van der Waals surface area contributed by atoms with E-state index in [2.05, 4.69) is 17.1 Å². The van der Waals surface area contributed by atoms with E-state index in [9.17, 15) is 4.79 Å². The monoisotopic (exact) mass is 292 g/mol. The van der Waals surface area contributed by atoms with Gasteiger partial charge < -0.3 is 4.57 Å². The summed E-state index contributed by atoms with van der Waals surface area (Å²) in [4.78, 5) is 12.6. The Labute approximate surface area is 123 Å². The zero-order valence-electron chi connectivity index (χ0n) is 12.3. The van der Waals surface area contributed by atoms with Gasteiger partial charge in [-0.25, -0.2) is 0 Å². The number of rotatable bonds is 4. The van der Waals surface area contributed by atoms with E-state index in [1.165, 1.54) is 0 Å². The number of hydrogen-bond donors (Lipinski definition) is 1. The third-order valence-corrected chi connectivity index (χ3v) is 3.79. The highest BCUT2D eigenvalue weighted by Gasteiger charge is 2.16. The van der Waals surface area contributed by atoms with Gasteiger partial charge in [0.25, 0.3) is 5.56 Å². The number of aromatic nitrogens is 4. The third kappa shape index (κ3) is 2.47. The molecule has 0 bridgehead atoms. The molecule has 2 rings (SSSR count). The molecule has 0 aliphatic carbocycles. The van der Waals surface area contributed by atoms with Crippen LogP contribution in [0.1, 0.15) is 46.2 Å². The standard InChI is InChI=1S/C14H20N4OS/c1-5-10(4)17-8-6-7-11(13(17)19)12-15-16-14(20)18(12)9(2)3/h6-10H,5H2,1-4H3,(H,16,20). The van der Waals surface area contributed by atoms with Crippen LogP contribution < -0.4 is 5.56 Å². The molecule has 0 aromatic carbocycles. The van der Waals surface area contributed by atoms with Gasteiger partial charge in [0, 0.05) is 18.3 Å². The summed E-state index contributed by atoms with van der Waals surface area (Å²) in [6, 6.07) is 3.99. The lowest BCUT2D eigenvalue weighted by molar-refractivity contribution is 0.514. The first-order valence-corrected chi connectivity index (χ1v) is 7.26. The number of nitrogens with one attached hydrogen (secondary N) is 1. The van der Waals surface area contributed by atoms with Gasteiger partial charge in [-0.2, -0.15) is 5.10 Å². The Bertz CT molecular complexity index is 710. The second kappa shape index (κ2) is 5.75. The molecule has 5 nitrogen and oxygen atoms in total. The SMILES string of the molecule is CCC(C)n1cccc(-c2n[nH]c(=S)n2C(C)C)c1=O. The van der Waals surface area contributed by atoms with Crippen LogP contribution in [0, 0.1) is 4.77 Å². The van der Waals surface area contributed by atoms with Gasteiger partial charge in [-0.05, 0) is 51.5 Å². The molecule has 2 aromatic rings. The maximum Gasteiger partial charge on any atom is 0.261 e. The summed E-state index contributed by atoms with van der Waals surface area (Å²) in [5, 5.41) is 7.00. The molecule has 6 heteroatoms. The molecule has 1 atom stereocenters. The number of H-pyrrole nitrogens is 1. The van der Waals surface area contributed by atoms with Crippen LogP contribution in [0.15, 0.2) is 23.1 Å². The van der Waals surface area contributed by atoms with Crippen LogP contribution in [0.5, 0.6) is 0 Å². The average molecular weight is 292 g/mol. The molecule has 0 fully saturated rings. The van der Waals surface area contributed by atoms with Gasteiger partial charge in [0.2, 0.25) is 0 Å². The molecular weight excluding hydrogens is 272 g/mol. The Morgan fingerprint density at radius 3 is 2.70 bits per heavy atom. The lowest BCUT2D eigenvalue weighted by atomic mass is 10.2. The van der Waals surface area contributed by atoms with Crippen LogP contribution in [0.4, 0.5) is 0 Å². The normalized spacial score (nSPS) is 12.8. The van der Waals surface area contributed by atoms with Gasteiger partial charge in [0.05, 0.1) is 5.56 Å². The van der Waals surface area contributed by atoms with Crippen LogP contribution in [-0.2, 0) is 0 Å². The van der Waals surface area contributed by atoms with E-state index >= 15 is 0 Å². The molecule has 1 N–H and O–H groups in total. The molecule has 2 heterocycles. The van der Waals surface area contributed by atoms with Crippen molar-refractivity contribution < 1.29 is 0 Å². The van der Waals surface area contributed by atoms with E-state index < -0.39 is 0 Å². The quantitative estimate of drug-likeness (QED) is 0.879. The molecule has 108 valence electrons. The van der Waals surface area contributed by atoms with Crippen molar-refractivity contribution >= 4 is 12.2 Å². The predicted octanol–water partition coefficient (Wildman–Crippen LogP) is 3.32. The summed E-state index contributed by atoms with van der Waals surface area (Å²) < 4.78 is 4.15. The Balaban J connectivity index is 2.66. The van der Waals surface area contributed by atoms with Crippen LogP contribution in [0.2, 0.25) is 0 Å². The van der Waals surface area contributed by atoms with Gasteiger partial charge in [0.15, 0.2) is 10.6 Å². The van der Waals surface area contributed by atoms with Crippen molar-refractivity contribution in [2.75, 3.05) is 0 Å². The van der Waals surface area contributed by atoms with Crippen molar-refractivity contribution in [2.24, 2.45) is 0 Å². The highest BCUT2D eigenvalue weighted by atomic mass is 32.1. The second-order valence-electron chi connectivity index (χ2n) is 5.21. The van der Waals surface area contributed by atoms with Gasteiger partial charge in [0.1, 0.15) is 0 Å². The van der Waals surface area contributed by atoms with E-state index in [0.29, 0.717) is 16.2 Å². The summed E-state index contributed by atoms with van der Waals surface area (Å²) in [6.45, 7) is 8.13. The molecule has 0 radical (unpaired) electrons. The number of hydrogen-bond acceptors (Lipinski definition) is 3. The van der Waals surface area contributed by atoms with Crippen molar-refractivity contribution in [3.63, 3.8) is 0 Å². The zero-order chi connectivity index (χ0) is 14.9. The molecule has 0 spiro atoms. The van der Waals surface area contributed by atoms with Crippen LogP contribution in [0.3, 0.4) is 0 Å². The predicted molar refractivity (Wildman–Crippen MR) is 82.5 cm³/mol. The Hall–Kier alpha value is -1.69. The highest BCUT2D eigenvalue weighted by molar-refractivity contribution is 7.71. The Morgan fingerprint density at radius 2 is 2.10 bits per heavy atom. The lowest BCUT2D eigenvalue weighted by Crippen LogP contribution is -2.24. The summed E-state index contributed by atoms with van der Waals surface area (Å²) in [7, 11) is 0. The Morgan fingerprint density at radius 1 is 1.40 bits per heavy atom. The number of nitrogens with zero attached hydrogens (tertiary/aromatic N) is 3. The molecule has 0 aliphatic heterocycles. The van der Waals surface area contributed by atoms with Gasteiger partial charge in [-0.3, -0.25) is 14.5 Å². The van der Waals surface area contributed by atoms with Gasteiger partial charge in [-0.1, -0.05) is 6.92 Å². The van der Waals surface area contributed by atoms with Crippen LogP contribution >= 0.6 is 12.2 Å². The third-order valence-electron chi connectivity index (χ3n) is 3.50. The first-order valence-electron chi connectivity index (χ1n) is 6.85. The van der Waals surface area contributed by atoms with Crippen molar-refractivity contribution in [2.45, 2.75) is 46.2 Å². The fourth-order valence-corrected chi connectivity index (χ4v) is 2.54. The topological polar surface area (TPSA) is 55.6 Å². The maximum atomic E-state index is 12.6. The first kappa shape index (κ1) is 14.7. The van der Waals surface area contributed by atoms with E-state index in [-0.39, 0.29) is 17.6 Å². The van der Waals surface area contributed by atoms with Crippen molar-refractivity contribution in [1.82, 2.24) is 19.3 Å². The highest BCUT2D eigenvalue weighted by Crippen LogP contribution is 2.18. The molecule has 2 aromatic heterocycles. The largest absolute Gasteiger partial charge is 0.312 e. The van der Waals surface area contributed by atoms with E-state index in [4.69, 9.17) is 12.2 Å². The molecular formula is C14H20N4OS. The van der Waals surface area contributed by atoms with Crippen molar-refractivity contribution in [3.8, 4) is 11.4 Å². The van der Waals surface area contributed by atoms with Crippen molar-refractivity contribution in [3.05, 3.63) is 33.5 Å². The minimum Gasteiger partial charge on any atom is -0.312 e. The van der Waals surface area contributed by atoms with Crippen LogP contribution in [0.25, 0.3) is 11.4 Å². The fourth-order valence-electron chi connectivity index (χ4n) is 2.20. The van der Waals surface area contributed by atoms with Gasteiger partial charge >= 0.3 is 0 Å². The zero-order valence-corrected chi connectivity index (χ0v) is 13.1. The summed E-state index contributed by atoms with van der Waals surface area (Å²) in [5.41, 5.74) is 0.548. The molecule has 0 saturated heterocycles. The first-order chi connectivity index (χ1) is 9.47. The minimum absolute atomic E-state index is 0.0299.